The number of benzene rings is 1. The van der Waals surface area contributed by atoms with E-state index in [0.29, 0.717) is 18.9 Å². The lowest BCUT2D eigenvalue weighted by molar-refractivity contribution is 0.306. The van der Waals surface area contributed by atoms with E-state index in [1.807, 2.05) is 14.0 Å². The Balaban J connectivity index is 1.65. The van der Waals surface area contributed by atoms with E-state index in [4.69, 9.17) is 4.74 Å². The summed E-state index contributed by atoms with van der Waals surface area (Å²) < 4.78 is 20.1. The highest BCUT2D eigenvalue weighted by molar-refractivity contribution is 5.79. The maximum absolute atomic E-state index is 12.8. The second kappa shape index (κ2) is 10.3. The molecule has 1 heterocycles. The Morgan fingerprint density at radius 3 is 2.72 bits per heavy atom. The number of hydrogen-bond acceptors (Lipinski definition) is 4. The Labute approximate surface area is 147 Å². The van der Waals surface area contributed by atoms with E-state index in [2.05, 4.69) is 25.7 Å². The van der Waals surface area contributed by atoms with Crippen molar-refractivity contribution in [2.75, 3.05) is 19.7 Å². The van der Waals surface area contributed by atoms with Crippen LogP contribution in [0.1, 0.15) is 25.6 Å². The monoisotopic (exact) mass is 348 g/mol. The van der Waals surface area contributed by atoms with E-state index in [9.17, 15) is 4.39 Å². The summed E-state index contributed by atoms with van der Waals surface area (Å²) in [5, 5.41) is 10.5. The van der Waals surface area contributed by atoms with Crippen molar-refractivity contribution in [3.63, 3.8) is 0 Å². The topological polar surface area (TPSA) is 76.4 Å². The molecule has 8 heteroatoms. The van der Waals surface area contributed by atoms with E-state index in [0.717, 1.165) is 37.7 Å². The van der Waals surface area contributed by atoms with Crippen LogP contribution in [0.15, 0.2) is 35.6 Å². The van der Waals surface area contributed by atoms with Gasteiger partial charge < -0.3 is 15.4 Å². The van der Waals surface area contributed by atoms with Crippen LogP contribution in [0.4, 0.5) is 4.39 Å². The predicted molar refractivity (Wildman–Crippen MR) is 95.0 cm³/mol. The number of halogens is 1. The quantitative estimate of drug-likeness (QED) is 0.411. The molecule has 1 aromatic heterocycles. The van der Waals surface area contributed by atoms with Gasteiger partial charge >= 0.3 is 0 Å². The molecule has 7 nitrogen and oxygen atoms in total. The predicted octanol–water partition coefficient (Wildman–Crippen LogP) is 1.87. The molecule has 25 heavy (non-hydrogen) atoms. The number of aromatic nitrogens is 3. The summed E-state index contributed by atoms with van der Waals surface area (Å²) in [5.41, 5.74) is 0. The van der Waals surface area contributed by atoms with E-state index >= 15 is 0 Å². The lowest BCUT2D eigenvalue weighted by atomic mass is 10.3. The van der Waals surface area contributed by atoms with E-state index in [1.54, 1.807) is 16.8 Å². The smallest absolute Gasteiger partial charge is 0.191 e. The maximum Gasteiger partial charge on any atom is 0.191 e. The minimum Gasteiger partial charge on any atom is -0.494 e. The Morgan fingerprint density at radius 2 is 2.04 bits per heavy atom. The lowest BCUT2D eigenvalue weighted by Gasteiger charge is -2.11. The Bertz CT molecular complexity index is 655. The van der Waals surface area contributed by atoms with Gasteiger partial charge in [0.25, 0.3) is 0 Å². The molecule has 0 fully saturated rings. The van der Waals surface area contributed by atoms with Gasteiger partial charge in [0.15, 0.2) is 5.96 Å². The molecule has 0 aliphatic carbocycles. The standard InChI is InChI=1S/C17H25FN6O/c1-3-19-17(21-12-16-22-13-23-24(16)2)20-10-4-5-11-25-15-8-6-14(18)7-9-15/h6-9,13H,3-5,10-12H2,1-2H3,(H2,19,20,21). The van der Waals surface area contributed by atoms with Crippen molar-refractivity contribution in [1.82, 2.24) is 25.4 Å². The average molecular weight is 348 g/mol. The molecule has 0 radical (unpaired) electrons. The fourth-order valence-corrected chi connectivity index (χ4v) is 2.11. The molecule has 1 aromatic carbocycles. The minimum atomic E-state index is -0.256. The fourth-order valence-electron chi connectivity index (χ4n) is 2.11. The second-order valence-corrected chi connectivity index (χ2v) is 5.43. The van der Waals surface area contributed by atoms with Gasteiger partial charge in [-0.05, 0) is 44.0 Å². The molecule has 136 valence electrons. The summed E-state index contributed by atoms with van der Waals surface area (Å²) in [6, 6.07) is 6.06. The van der Waals surface area contributed by atoms with Crippen molar-refractivity contribution in [3.05, 3.63) is 42.2 Å². The first-order valence-corrected chi connectivity index (χ1v) is 8.42. The third-order valence-electron chi connectivity index (χ3n) is 3.47. The Morgan fingerprint density at radius 1 is 1.24 bits per heavy atom. The van der Waals surface area contributed by atoms with Crippen LogP contribution in [-0.4, -0.2) is 40.4 Å². The van der Waals surface area contributed by atoms with Gasteiger partial charge in [0.2, 0.25) is 0 Å². The lowest BCUT2D eigenvalue weighted by Crippen LogP contribution is -2.37. The third kappa shape index (κ3) is 6.78. The number of nitrogens with zero attached hydrogens (tertiary/aromatic N) is 4. The number of hydrogen-bond donors (Lipinski definition) is 2. The third-order valence-corrected chi connectivity index (χ3v) is 3.47. The summed E-state index contributed by atoms with van der Waals surface area (Å²) in [4.78, 5) is 8.65. The largest absolute Gasteiger partial charge is 0.494 e. The first kappa shape index (κ1) is 18.7. The second-order valence-electron chi connectivity index (χ2n) is 5.43. The average Bonchev–Trinajstić information content (AvgIpc) is 3.02. The van der Waals surface area contributed by atoms with Crippen LogP contribution in [0.5, 0.6) is 5.75 Å². The number of nitrogens with one attached hydrogen (secondary N) is 2. The Hall–Kier alpha value is -2.64. The first-order valence-electron chi connectivity index (χ1n) is 8.42. The number of guanidine groups is 1. The van der Waals surface area contributed by atoms with Crippen molar-refractivity contribution in [3.8, 4) is 5.75 Å². The molecule has 0 bridgehead atoms. The van der Waals surface area contributed by atoms with Gasteiger partial charge in [-0.1, -0.05) is 0 Å². The number of aliphatic imine (C=N–C) groups is 1. The highest BCUT2D eigenvalue weighted by atomic mass is 19.1. The molecule has 2 N–H and O–H groups in total. The molecule has 0 aliphatic heterocycles. The van der Waals surface area contributed by atoms with Crippen LogP contribution in [0, 0.1) is 5.82 Å². The zero-order valence-corrected chi connectivity index (χ0v) is 14.7. The van der Waals surface area contributed by atoms with Crippen LogP contribution in [0.25, 0.3) is 0 Å². The van der Waals surface area contributed by atoms with Gasteiger partial charge in [0.1, 0.15) is 30.3 Å². The van der Waals surface area contributed by atoms with Crippen LogP contribution in [-0.2, 0) is 13.6 Å². The summed E-state index contributed by atoms with van der Waals surface area (Å²) in [5.74, 6) is 2.00. The minimum absolute atomic E-state index is 0.256. The molecule has 0 spiro atoms. The summed E-state index contributed by atoms with van der Waals surface area (Å²) in [6.45, 7) is 4.67. The van der Waals surface area contributed by atoms with Crippen molar-refractivity contribution in [2.24, 2.45) is 12.0 Å². The van der Waals surface area contributed by atoms with Gasteiger partial charge in [-0.15, -0.1) is 0 Å². The van der Waals surface area contributed by atoms with Crippen LogP contribution >= 0.6 is 0 Å². The SMILES string of the molecule is CCNC(=NCc1ncnn1C)NCCCCOc1ccc(F)cc1. The van der Waals surface area contributed by atoms with E-state index < -0.39 is 0 Å². The molecule has 0 unspecified atom stereocenters. The maximum atomic E-state index is 12.8. The van der Waals surface area contributed by atoms with Crippen molar-refractivity contribution < 1.29 is 9.13 Å². The number of rotatable bonds is 9. The van der Waals surface area contributed by atoms with E-state index in [-0.39, 0.29) is 5.82 Å². The highest BCUT2D eigenvalue weighted by Crippen LogP contribution is 2.11. The highest BCUT2D eigenvalue weighted by Gasteiger charge is 2.01. The van der Waals surface area contributed by atoms with Crippen LogP contribution in [0.2, 0.25) is 0 Å². The molecule has 2 aromatic rings. The van der Waals surface area contributed by atoms with Crippen LogP contribution < -0.4 is 15.4 Å². The summed E-state index contributed by atoms with van der Waals surface area (Å²) in [6.07, 6.45) is 3.36. The van der Waals surface area contributed by atoms with Crippen molar-refractivity contribution in [1.29, 1.82) is 0 Å². The van der Waals surface area contributed by atoms with Gasteiger partial charge in [-0.2, -0.15) is 5.10 Å². The molecular formula is C17H25FN6O. The molecule has 2 rings (SSSR count). The van der Waals surface area contributed by atoms with Crippen molar-refractivity contribution >= 4 is 5.96 Å². The molecule has 0 saturated heterocycles. The number of unbranched alkanes of at least 4 members (excludes halogenated alkanes) is 1. The zero-order chi connectivity index (χ0) is 17.9. The van der Waals surface area contributed by atoms with E-state index in [1.165, 1.54) is 18.5 Å². The summed E-state index contributed by atoms with van der Waals surface area (Å²) in [7, 11) is 1.85. The summed E-state index contributed by atoms with van der Waals surface area (Å²) >= 11 is 0. The van der Waals surface area contributed by atoms with Gasteiger partial charge in [0.05, 0.1) is 6.61 Å². The molecule has 0 atom stereocenters. The molecule has 0 amide bonds. The molecule has 0 saturated carbocycles. The van der Waals surface area contributed by atoms with Gasteiger partial charge in [-0.25, -0.2) is 14.4 Å². The number of ether oxygens (including phenoxy) is 1. The molecular weight excluding hydrogens is 323 g/mol. The van der Waals surface area contributed by atoms with Crippen LogP contribution in [0.3, 0.4) is 0 Å². The van der Waals surface area contributed by atoms with Crippen molar-refractivity contribution in [2.45, 2.75) is 26.3 Å². The fraction of sp³-hybridized carbons (Fsp3) is 0.471. The zero-order valence-electron chi connectivity index (χ0n) is 14.7. The number of aryl methyl sites for hydroxylation is 1. The molecule has 0 aliphatic rings. The normalized spacial score (nSPS) is 11.4. The van der Waals surface area contributed by atoms with Gasteiger partial charge in [0, 0.05) is 20.1 Å². The Kier molecular flexibility index (Phi) is 7.68. The van der Waals surface area contributed by atoms with Gasteiger partial charge in [-0.3, -0.25) is 4.68 Å². The first-order chi connectivity index (χ1) is 12.2.